The molecule has 2 aromatic carbocycles. The Kier molecular flexibility index (Phi) is 3.98. The van der Waals surface area contributed by atoms with Crippen LogP contribution < -0.4 is 0 Å². The predicted molar refractivity (Wildman–Crippen MR) is 90.6 cm³/mol. The number of aromatic hydroxyl groups is 1. The molecule has 0 atom stereocenters. The van der Waals surface area contributed by atoms with Crippen LogP contribution in [0.1, 0.15) is 16.7 Å². The van der Waals surface area contributed by atoms with Gasteiger partial charge in [-0.1, -0.05) is 35.9 Å². The second-order valence-corrected chi connectivity index (χ2v) is 5.61. The zero-order valence-corrected chi connectivity index (χ0v) is 13.4. The first-order chi connectivity index (χ1) is 11.0. The van der Waals surface area contributed by atoms with Crippen molar-refractivity contribution in [2.45, 2.75) is 20.8 Å². The fourth-order valence-electron chi connectivity index (χ4n) is 2.36. The van der Waals surface area contributed by atoms with Crippen LogP contribution in [0, 0.1) is 20.8 Å². The van der Waals surface area contributed by atoms with E-state index in [1.165, 1.54) is 0 Å². The van der Waals surface area contributed by atoms with Crippen LogP contribution in [0.2, 0.25) is 0 Å². The van der Waals surface area contributed by atoms with E-state index in [-0.39, 0.29) is 5.95 Å². The lowest BCUT2D eigenvalue weighted by Gasteiger charge is -2.03. The molecule has 4 nitrogen and oxygen atoms in total. The quantitative estimate of drug-likeness (QED) is 0.604. The lowest BCUT2D eigenvalue weighted by Crippen LogP contribution is -1.82. The molecule has 1 N–H and O–H groups in total. The summed E-state index contributed by atoms with van der Waals surface area (Å²) >= 11 is 0. The third-order valence-corrected chi connectivity index (χ3v) is 3.73. The molecule has 0 fully saturated rings. The van der Waals surface area contributed by atoms with Crippen molar-refractivity contribution < 1.29 is 9.52 Å². The van der Waals surface area contributed by atoms with Crippen molar-refractivity contribution in [3.63, 3.8) is 0 Å². The van der Waals surface area contributed by atoms with Gasteiger partial charge in [0.2, 0.25) is 0 Å². The minimum Gasteiger partial charge on any atom is -0.479 e. The van der Waals surface area contributed by atoms with Gasteiger partial charge in [0.15, 0.2) is 5.69 Å². The maximum Gasteiger partial charge on any atom is 0.311 e. The molecule has 0 amide bonds. The fourth-order valence-corrected chi connectivity index (χ4v) is 2.36. The van der Waals surface area contributed by atoms with Crippen LogP contribution in [0.15, 0.2) is 63.2 Å². The molecule has 0 aliphatic carbocycles. The predicted octanol–water partition coefficient (Wildman–Crippen LogP) is 5.99. The second kappa shape index (κ2) is 6.08. The molecule has 0 unspecified atom stereocenters. The summed E-state index contributed by atoms with van der Waals surface area (Å²) in [7, 11) is 0. The molecule has 0 saturated carbocycles. The van der Waals surface area contributed by atoms with Crippen molar-refractivity contribution in [2.75, 3.05) is 0 Å². The Morgan fingerprint density at radius 3 is 2.35 bits per heavy atom. The van der Waals surface area contributed by atoms with Crippen LogP contribution in [-0.4, -0.2) is 5.11 Å². The molecule has 3 aromatic rings. The topological polar surface area (TPSA) is 58.1 Å². The van der Waals surface area contributed by atoms with Crippen LogP contribution in [0.25, 0.3) is 11.3 Å². The van der Waals surface area contributed by atoms with Gasteiger partial charge in [-0.15, -0.1) is 5.11 Å². The second-order valence-electron chi connectivity index (χ2n) is 5.61. The molecule has 116 valence electrons. The smallest absolute Gasteiger partial charge is 0.311 e. The molecule has 4 heteroatoms. The molecule has 0 aliphatic heterocycles. The van der Waals surface area contributed by atoms with Crippen LogP contribution in [0.4, 0.5) is 11.4 Å². The van der Waals surface area contributed by atoms with Crippen molar-refractivity contribution in [1.82, 2.24) is 0 Å². The molecule has 3 rings (SSSR count). The maximum atomic E-state index is 9.98. The molecule has 0 saturated heterocycles. The van der Waals surface area contributed by atoms with Crippen LogP contribution >= 0.6 is 0 Å². The van der Waals surface area contributed by atoms with Crippen LogP contribution in [0.5, 0.6) is 5.95 Å². The van der Waals surface area contributed by atoms with E-state index in [0.29, 0.717) is 11.4 Å². The fraction of sp³-hybridized carbons (Fsp3) is 0.158. The van der Waals surface area contributed by atoms with Crippen LogP contribution in [-0.2, 0) is 0 Å². The van der Waals surface area contributed by atoms with E-state index >= 15 is 0 Å². The van der Waals surface area contributed by atoms with Crippen molar-refractivity contribution in [3.05, 3.63) is 65.2 Å². The van der Waals surface area contributed by atoms with E-state index in [9.17, 15) is 5.11 Å². The summed E-state index contributed by atoms with van der Waals surface area (Å²) in [5, 5.41) is 18.3. The summed E-state index contributed by atoms with van der Waals surface area (Å²) in [6.45, 7) is 5.98. The number of benzene rings is 2. The first-order valence-electron chi connectivity index (χ1n) is 7.42. The normalized spacial score (nSPS) is 11.3. The van der Waals surface area contributed by atoms with E-state index in [1.807, 2.05) is 63.2 Å². The van der Waals surface area contributed by atoms with E-state index in [1.54, 1.807) is 6.07 Å². The summed E-state index contributed by atoms with van der Waals surface area (Å²) in [5.41, 5.74) is 5.26. The first-order valence-corrected chi connectivity index (χ1v) is 7.42. The molecular weight excluding hydrogens is 288 g/mol. The number of nitrogens with zero attached hydrogens (tertiary/aromatic N) is 2. The van der Waals surface area contributed by atoms with Crippen molar-refractivity contribution in [1.29, 1.82) is 0 Å². The van der Waals surface area contributed by atoms with Gasteiger partial charge in [0.05, 0.1) is 5.69 Å². The third kappa shape index (κ3) is 3.16. The highest BCUT2D eigenvalue weighted by atomic mass is 16.5. The van der Waals surface area contributed by atoms with Gasteiger partial charge in [-0.3, -0.25) is 0 Å². The van der Waals surface area contributed by atoms with Crippen LogP contribution in [0.3, 0.4) is 0 Å². The Hall–Kier alpha value is -2.88. The highest BCUT2D eigenvalue weighted by molar-refractivity contribution is 5.68. The molecule has 0 bridgehead atoms. The molecule has 0 radical (unpaired) electrons. The summed E-state index contributed by atoms with van der Waals surface area (Å²) in [4.78, 5) is 0. The molecule has 1 aromatic heterocycles. The average Bonchev–Trinajstić information content (AvgIpc) is 2.90. The van der Waals surface area contributed by atoms with E-state index < -0.39 is 0 Å². The van der Waals surface area contributed by atoms with Gasteiger partial charge in [0, 0.05) is 11.6 Å². The number of furan rings is 1. The number of azo groups is 1. The van der Waals surface area contributed by atoms with Crippen molar-refractivity contribution in [3.8, 4) is 17.3 Å². The lowest BCUT2D eigenvalue weighted by atomic mass is 10.0. The Morgan fingerprint density at radius 2 is 1.57 bits per heavy atom. The van der Waals surface area contributed by atoms with E-state index in [4.69, 9.17) is 4.42 Å². The number of aryl methyl sites for hydroxylation is 3. The summed E-state index contributed by atoms with van der Waals surface area (Å²) in [6.07, 6.45) is 0. The molecule has 0 spiro atoms. The molecular formula is C19H18N2O2. The van der Waals surface area contributed by atoms with Gasteiger partial charge in [-0.25, -0.2) is 0 Å². The standard InChI is InChI=1S/C19H18N2O2/c1-12-8-9-13(2)15(10-12)18-11-17(19(22)23-18)21-20-16-7-5-4-6-14(16)3/h4-11,22H,1-3H3. The monoisotopic (exact) mass is 306 g/mol. The first kappa shape index (κ1) is 15.0. The largest absolute Gasteiger partial charge is 0.479 e. The SMILES string of the molecule is Cc1ccc(C)c(-c2cc(N=Nc3ccccc3C)c(O)o2)c1. The third-order valence-electron chi connectivity index (χ3n) is 3.73. The van der Waals surface area contributed by atoms with Gasteiger partial charge in [-0.2, -0.15) is 5.11 Å². The summed E-state index contributed by atoms with van der Waals surface area (Å²) in [5.74, 6) is 0.362. The molecule has 1 heterocycles. The van der Waals surface area contributed by atoms with E-state index in [2.05, 4.69) is 10.2 Å². The highest BCUT2D eigenvalue weighted by Gasteiger charge is 2.13. The zero-order valence-electron chi connectivity index (χ0n) is 13.4. The maximum absolute atomic E-state index is 9.98. The van der Waals surface area contributed by atoms with Gasteiger partial charge in [0.1, 0.15) is 5.76 Å². The zero-order chi connectivity index (χ0) is 16.4. The average molecular weight is 306 g/mol. The number of hydrogen-bond acceptors (Lipinski definition) is 4. The molecule has 23 heavy (non-hydrogen) atoms. The minimum absolute atomic E-state index is 0.224. The Bertz CT molecular complexity index is 879. The van der Waals surface area contributed by atoms with Gasteiger partial charge >= 0.3 is 5.95 Å². The molecule has 0 aliphatic rings. The Labute approximate surface area is 135 Å². The number of rotatable bonds is 3. The highest BCUT2D eigenvalue weighted by Crippen LogP contribution is 2.38. The minimum atomic E-state index is -0.224. The van der Waals surface area contributed by atoms with E-state index in [0.717, 1.165) is 27.9 Å². The van der Waals surface area contributed by atoms with Gasteiger partial charge in [0.25, 0.3) is 0 Å². The Balaban J connectivity index is 1.96. The van der Waals surface area contributed by atoms with Gasteiger partial charge < -0.3 is 9.52 Å². The van der Waals surface area contributed by atoms with Crippen molar-refractivity contribution in [2.24, 2.45) is 10.2 Å². The summed E-state index contributed by atoms with van der Waals surface area (Å²) in [6, 6.07) is 15.5. The Morgan fingerprint density at radius 1 is 0.826 bits per heavy atom. The van der Waals surface area contributed by atoms with Crippen molar-refractivity contribution >= 4 is 11.4 Å². The lowest BCUT2D eigenvalue weighted by molar-refractivity contribution is 0.339. The number of hydrogen-bond donors (Lipinski definition) is 1. The van der Waals surface area contributed by atoms with Gasteiger partial charge in [-0.05, 0) is 44.0 Å². The summed E-state index contributed by atoms with van der Waals surface area (Å²) < 4.78 is 5.46.